The van der Waals surface area contributed by atoms with Crippen LogP contribution in [0.1, 0.15) is 54.1 Å². The lowest BCUT2D eigenvalue weighted by Gasteiger charge is -2.23. The molecular weight excluding hydrogens is 354 g/mol. The summed E-state index contributed by atoms with van der Waals surface area (Å²) in [5.74, 6) is 1.35. The molecular formula is C23H27NO4. The molecule has 0 spiro atoms. The van der Waals surface area contributed by atoms with E-state index in [-0.39, 0.29) is 12.5 Å². The van der Waals surface area contributed by atoms with Gasteiger partial charge in [-0.15, -0.1) is 0 Å². The molecule has 0 aliphatic heterocycles. The molecule has 28 heavy (non-hydrogen) atoms. The Hall–Kier alpha value is -2.82. The third-order valence-corrected chi connectivity index (χ3v) is 4.98. The summed E-state index contributed by atoms with van der Waals surface area (Å²) in [4.78, 5) is 25.6. The number of carbonyl (C=O) groups excluding carboxylic acids is 2. The zero-order valence-electron chi connectivity index (χ0n) is 16.7. The average molecular weight is 381 g/mol. The molecule has 0 atom stereocenters. The van der Waals surface area contributed by atoms with Gasteiger partial charge in [-0.2, -0.15) is 0 Å². The van der Waals surface area contributed by atoms with Crippen LogP contribution in [0.15, 0.2) is 42.5 Å². The molecule has 0 unspecified atom stereocenters. The van der Waals surface area contributed by atoms with Gasteiger partial charge in [-0.3, -0.25) is 9.59 Å². The minimum Gasteiger partial charge on any atom is -0.493 e. The lowest BCUT2D eigenvalue weighted by molar-refractivity contribution is -0.134. The summed E-state index contributed by atoms with van der Waals surface area (Å²) in [5.41, 5.74) is 2.92. The van der Waals surface area contributed by atoms with Gasteiger partial charge in [0.05, 0.1) is 7.11 Å². The summed E-state index contributed by atoms with van der Waals surface area (Å²) in [7, 11) is 1.51. The Kier molecular flexibility index (Phi) is 6.34. The number of rotatable bonds is 9. The van der Waals surface area contributed by atoms with Crippen LogP contribution in [0.4, 0.5) is 0 Å². The Bertz CT molecular complexity index is 825. The van der Waals surface area contributed by atoms with Crippen LogP contribution in [-0.2, 0) is 11.3 Å². The summed E-state index contributed by atoms with van der Waals surface area (Å²) in [6, 6.07) is 13.6. The van der Waals surface area contributed by atoms with Crippen molar-refractivity contribution in [2.24, 2.45) is 0 Å². The smallest absolute Gasteiger partial charge is 0.261 e. The zero-order chi connectivity index (χ0) is 20.1. The SMILES string of the molecule is COc1cc(C=O)ccc1OCC(=O)N(Cc1ccc(C(C)C)cc1)C1CC1. The second-order valence-corrected chi connectivity index (χ2v) is 7.47. The quantitative estimate of drug-likeness (QED) is 0.611. The molecule has 1 fully saturated rings. The predicted molar refractivity (Wildman–Crippen MR) is 108 cm³/mol. The maximum atomic E-state index is 12.8. The van der Waals surface area contributed by atoms with Crippen molar-refractivity contribution in [2.75, 3.05) is 13.7 Å². The second-order valence-electron chi connectivity index (χ2n) is 7.47. The molecule has 148 valence electrons. The van der Waals surface area contributed by atoms with Gasteiger partial charge in [0.25, 0.3) is 5.91 Å². The molecule has 5 nitrogen and oxygen atoms in total. The van der Waals surface area contributed by atoms with Crippen LogP contribution in [0, 0.1) is 0 Å². The number of aldehydes is 1. The van der Waals surface area contributed by atoms with Crippen LogP contribution in [-0.4, -0.2) is 36.9 Å². The Labute approximate surface area is 166 Å². The summed E-state index contributed by atoms with van der Waals surface area (Å²) in [6.45, 7) is 4.87. The molecule has 2 aromatic rings. The fraction of sp³-hybridized carbons (Fsp3) is 0.391. The summed E-state index contributed by atoms with van der Waals surface area (Å²) in [5, 5.41) is 0. The molecule has 1 amide bonds. The van der Waals surface area contributed by atoms with Gasteiger partial charge in [0, 0.05) is 18.2 Å². The number of nitrogens with zero attached hydrogens (tertiary/aromatic N) is 1. The molecule has 0 saturated heterocycles. The van der Waals surface area contributed by atoms with E-state index in [1.807, 2.05) is 4.90 Å². The highest BCUT2D eigenvalue weighted by molar-refractivity contribution is 5.79. The topological polar surface area (TPSA) is 55.8 Å². The van der Waals surface area contributed by atoms with Crippen molar-refractivity contribution in [1.82, 2.24) is 4.90 Å². The van der Waals surface area contributed by atoms with Gasteiger partial charge in [-0.1, -0.05) is 38.1 Å². The van der Waals surface area contributed by atoms with E-state index in [4.69, 9.17) is 9.47 Å². The standard InChI is InChI=1S/C23H27NO4/c1-16(2)19-7-4-17(5-8-19)13-24(20-9-10-20)23(26)15-28-21-11-6-18(14-25)12-22(21)27-3/h4-8,11-12,14,16,20H,9-10,13,15H2,1-3H3. The molecule has 2 aromatic carbocycles. The van der Waals surface area contributed by atoms with Crippen LogP contribution in [0.2, 0.25) is 0 Å². The van der Waals surface area contributed by atoms with Gasteiger partial charge in [-0.25, -0.2) is 0 Å². The van der Waals surface area contributed by atoms with Crippen molar-refractivity contribution < 1.29 is 19.1 Å². The van der Waals surface area contributed by atoms with Gasteiger partial charge in [-0.05, 0) is 48.1 Å². The first kappa shape index (κ1) is 19.9. The van der Waals surface area contributed by atoms with Gasteiger partial charge in [0.2, 0.25) is 0 Å². The monoisotopic (exact) mass is 381 g/mol. The first-order valence-corrected chi connectivity index (χ1v) is 9.66. The summed E-state index contributed by atoms with van der Waals surface area (Å²) < 4.78 is 11.0. The summed E-state index contributed by atoms with van der Waals surface area (Å²) >= 11 is 0. The van der Waals surface area contributed by atoms with Crippen LogP contribution < -0.4 is 9.47 Å². The zero-order valence-corrected chi connectivity index (χ0v) is 16.7. The molecule has 5 heteroatoms. The number of benzene rings is 2. The molecule has 0 aromatic heterocycles. The van der Waals surface area contributed by atoms with E-state index >= 15 is 0 Å². The number of carbonyl (C=O) groups is 2. The predicted octanol–water partition coefficient (Wildman–Crippen LogP) is 4.20. The number of hydrogen-bond acceptors (Lipinski definition) is 4. The Balaban J connectivity index is 1.64. The lowest BCUT2D eigenvalue weighted by Crippen LogP contribution is -2.36. The van der Waals surface area contributed by atoms with Crippen molar-refractivity contribution in [2.45, 2.75) is 45.2 Å². The van der Waals surface area contributed by atoms with Crippen molar-refractivity contribution in [1.29, 1.82) is 0 Å². The highest BCUT2D eigenvalue weighted by atomic mass is 16.5. The molecule has 0 heterocycles. The van der Waals surface area contributed by atoms with Gasteiger partial charge in [0.1, 0.15) is 6.29 Å². The highest BCUT2D eigenvalue weighted by Gasteiger charge is 2.32. The fourth-order valence-electron chi connectivity index (χ4n) is 3.11. The minimum absolute atomic E-state index is 0.0445. The van der Waals surface area contributed by atoms with E-state index in [1.165, 1.54) is 12.7 Å². The van der Waals surface area contributed by atoms with E-state index in [9.17, 15) is 9.59 Å². The van der Waals surface area contributed by atoms with E-state index in [0.29, 0.717) is 35.6 Å². The number of amides is 1. The first-order valence-electron chi connectivity index (χ1n) is 9.66. The molecule has 1 aliphatic rings. The van der Waals surface area contributed by atoms with E-state index < -0.39 is 0 Å². The average Bonchev–Trinajstić information content (AvgIpc) is 3.55. The van der Waals surface area contributed by atoms with Gasteiger partial charge in [0.15, 0.2) is 18.1 Å². The lowest BCUT2D eigenvalue weighted by atomic mass is 10.0. The molecule has 0 radical (unpaired) electrons. The maximum Gasteiger partial charge on any atom is 0.261 e. The van der Waals surface area contributed by atoms with E-state index in [0.717, 1.165) is 24.7 Å². The van der Waals surface area contributed by atoms with E-state index in [1.54, 1.807) is 18.2 Å². The Morgan fingerprint density at radius 1 is 1.14 bits per heavy atom. The van der Waals surface area contributed by atoms with Crippen LogP contribution in [0.5, 0.6) is 11.5 Å². The van der Waals surface area contributed by atoms with Gasteiger partial charge < -0.3 is 14.4 Å². The largest absolute Gasteiger partial charge is 0.493 e. The fourth-order valence-corrected chi connectivity index (χ4v) is 3.11. The number of ether oxygens (including phenoxy) is 2. The number of methoxy groups -OCH3 is 1. The maximum absolute atomic E-state index is 12.8. The third-order valence-electron chi connectivity index (χ3n) is 4.98. The van der Waals surface area contributed by atoms with Crippen LogP contribution >= 0.6 is 0 Å². The van der Waals surface area contributed by atoms with Crippen LogP contribution in [0.3, 0.4) is 0 Å². The van der Waals surface area contributed by atoms with Gasteiger partial charge >= 0.3 is 0 Å². The van der Waals surface area contributed by atoms with Crippen molar-refractivity contribution in [3.63, 3.8) is 0 Å². The number of hydrogen-bond donors (Lipinski definition) is 0. The second kappa shape index (κ2) is 8.91. The van der Waals surface area contributed by atoms with E-state index in [2.05, 4.69) is 38.1 Å². The Morgan fingerprint density at radius 2 is 1.86 bits per heavy atom. The summed E-state index contributed by atoms with van der Waals surface area (Å²) in [6.07, 6.45) is 2.82. The highest BCUT2D eigenvalue weighted by Crippen LogP contribution is 2.30. The van der Waals surface area contributed by atoms with Crippen molar-refractivity contribution in [3.8, 4) is 11.5 Å². The molecule has 3 rings (SSSR count). The van der Waals surface area contributed by atoms with Crippen molar-refractivity contribution in [3.05, 3.63) is 59.2 Å². The van der Waals surface area contributed by atoms with Crippen molar-refractivity contribution >= 4 is 12.2 Å². The Morgan fingerprint density at radius 3 is 2.43 bits per heavy atom. The molecule has 1 saturated carbocycles. The molecule has 0 N–H and O–H groups in total. The minimum atomic E-state index is -0.0582. The molecule has 1 aliphatic carbocycles. The third kappa shape index (κ3) is 4.91. The normalized spacial score (nSPS) is 13.3. The van der Waals surface area contributed by atoms with Crippen LogP contribution in [0.25, 0.3) is 0 Å². The first-order chi connectivity index (χ1) is 13.5. The molecule has 0 bridgehead atoms.